The second-order valence-electron chi connectivity index (χ2n) is 4.60. The van der Waals surface area contributed by atoms with Crippen molar-refractivity contribution in [3.63, 3.8) is 0 Å². The van der Waals surface area contributed by atoms with Crippen LogP contribution in [0.5, 0.6) is 0 Å². The molecule has 0 fully saturated rings. The second-order valence-corrected chi connectivity index (χ2v) is 5.56. The summed E-state index contributed by atoms with van der Waals surface area (Å²) in [4.78, 5) is 36.1. The number of thioether (sulfide) groups is 1. The van der Waals surface area contributed by atoms with Gasteiger partial charge in [0.2, 0.25) is 0 Å². The first-order valence-corrected chi connectivity index (χ1v) is 7.71. The van der Waals surface area contributed by atoms with Crippen molar-refractivity contribution in [1.29, 1.82) is 0 Å². The Hall–Kier alpha value is -2.35. The third-order valence-corrected chi connectivity index (χ3v) is 4.14. The Kier molecular flexibility index (Phi) is 5.16. The Balaban J connectivity index is 2.48. The molecule has 1 aromatic carbocycles. The molecular formula is C14H15N3O4S. The molecule has 0 bridgehead atoms. The van der Waals surface area contributed by atoms with Crippen LogP contribution >= 0.6 is 11.8 Å². The van der Waals surface area contributed by atoms with E-state index in [0.29, 0.717) is 18.7 Å². The van der Waals surface area contributed by atoms with E-state index in [4.69, 9.17) is 0 Å². The SMILES string of the molecule is CCCn1c(SCc2ccccc2)c([N+](=O)[O-])c(=O)[nH]c1=O. The molecule has 1 N–H and O–H groups in total. The van der Waals surface area contributed by atoms with Crippen LogP contribution in [0.4, 0.5) is 5.69 Å². The average molecular weight is 321 g/mol. The lowest BCUT2D eigenvalue weighted by molar-refractivity contribution is -0.390. The maximum absolute atomic E-state index is 11.9. The van der Waals surface area contributed by atoms with Crippen LogP contribution in [-0.2, 0) is 12.3 Å². The van der Waals surface area contributed by atoms with Gasteiger partial charge in [0.1, 0.15) is 0 Å². The predicted octanol–water partition coefficient (Wildman–Crippen LogP) is 2.15. The van der Waals surface area contributed by atoms with Gasteiger partial charge in [0.15, 0.2) is 5.03 Å². The highest BCUT2D eigenvalue weighted by molar-refractivity contribution is 7.98. The number of nitrogens with zero attached hydrogens (tertiary/aromatic N) is 2. The third kappa shape index (κ3) is 3.45. The average Bonchev–Trinajstić information content (AvgIpc) is 2.48. The third-order valence-electron chi connectivity index (χ3n) is 2.98. The summed E-state index contributed by atoms with van der Waals surface area (Å²) in [6, 6.07) is 9.36. The summed E-state index contributed by atoms with van der Waals surface area (Å²) in [6.07, 6.45) is 0.627. The van der Waals surface area contributed by atoms with Crippen LogP contribution in [0.15, 0.2) is 44.9 Å². The summed E-state index contributed by atoms with van der Waals surface area (Å²) in [5.74, 6) is 0.439. The van der Waals surface area contributed by atoms with Crippen LogP contribution in [0.25, 0.3) is 0 Å². The number of aromatic nitrogens is 2. The number of hydrogen-bond donors (Lipinski definition) is 1. The highest BCUT2D eigenvalue weighted by atomic mass is 32.2. The zero-order valence-electron chi connectivity index (χ0n) is 11.9. The maximum Gasteiger partial charge on any atom is 0.364 e. The van der Waals surface area contributed by atoms with Crippen molar-refractivity contribution in [3.05, 3.63) is 66.8 Å². The molecule has 0 spiro atoms. The second kappa shape index (κ2) is 7.08. The fourth-order valence-electron chi connectivity index (χ4n) is 2.00. The molecule has 116 valence electrons. The highest BCUT2D eigenvalue weighted by Crippen LogP contribution is 2.27. The summed E-state index contributed by atoms with van der Waals surface area (Å²) in [6.45, 7) is 2.17. The zero-order chi connectivity index (χ0) is 16.1. The monoisotopic (exact) mass is 321 g/mol. The first-order valence-electron chi connectivity index (χ1n) is 6.72. The number of nitrogens with one attached hydrogen (secondary N) is 1. The van der Waals surface area contributed by atoms with Gasteiger partial charge in [-0.05, 0) is 12.0 Å². The van der Waals surface area contributed by atoms with E-state index < -0.39 is 21.9 Å². The molecule has 1 heterocycles. The van der Waals surface area contributed by atoms with Gasteiger partial charge in [0.05, 0.1) is 4.92 Å². The van der Waals surface area contributed by atoms with Gasteiger partial charge in [0.25, 0.3) is 0 Å². The van der Waals surface area contributed by atoms with E-state index in [1.807, 2.05) is 42.2 Å². The van der Waals surface area contributed by atoms with Crippen LogP contribution < -0.4 is 11.2 Å². The molecule has 0 atom stereocenters. The minimum absolute atomic E-state index is 0.101. The van der Waals surface area contributed by atoms with Crippen molar-refractivity contribution in [2.45, 2.75) is 30.7 Å². The quantitative estimate of drug-likeness (QED) is 0.380. The largest absolute Gasteiger partial charge is 0.364 e. The number of rotatable bonds is 6. The standard InChI is InChI=1S/C14H15N3O4S/c1-2-8-16-13(22-9-10-6-4-3-5-7-10)11(17(20)21)12(18)15-14(16)19/h3-7H,2,8-9H2,1H3,(H,15,18,19). The van der Waals surface area contributed by atoms with Gasteiger partial charge in [-0.1, -0.05) is 49.0 Å². The summed E-state index contributed by atoms with van der Waals surface area (Å²) in [5.41, 5.74) is -1.20. The number of aromatic amines is 1. The molecule has 0 amide bonds. The normalized spacial score (nSPS) is 10.6. The van der Waals surface area contributed by atoms with Crippen molar-refractivity contribution in [3.8, 4) is 0 Å². The van der Waals surface area contributed by atoms with E-state index in [-0.39, 0.29) is 5.03 Å². The molecule has 0 aliphatic carbocycles. The molecule has 8 heteroatoms. The molecule has 0 aliphatic rings. The first kappa shape index (κ1) is 16.0. The highest BCUT2D eigenvalue weighted by Gasteiger charge is 2.24. The summed E-state index contributed by atoms with van der Waals surface area (Å²) < 4.78 is 1.26. The molecule has 1 aromatic heterocycles. The van der Waals surface area contributed by atoms with E-state index in [1.54, 1.807) is 0 Å². The lowest BCUT2D eigenvalue weighted by Gasteiger charge is -2.10. The Morgan fingerprint density at radius 1 is 1.27 bits per heavy atom. The number of benzene rings is 1. The summed E-state index contributed by atoms with van der Waals surface area (Å²) in [7, 11) is 0. The van der Waals surface area contributed by atoms with E-state index in [2.05, 4.69) is 0 Å². The fourth-order valence-corrected chi connectivity index (χ4v) is 3.13. The van der Waals surface area contributed by atoms with Gasteiger partial charge in [-0.25, -0.2) is 4.79 Å². The van der Waals surface area contributed by atoms with E-state index in [0.717, 1.165) is 17.3 Å². The number of H-pyrrole nitrogens is 1. The van der Waals surface area contributed by atoms with E-state index >= 15 is 0 Å². The van der Waals surface area contributed by atoms with Gasteiger partial charge in [-0.2, -0.15) is 0 Å². The summed E-state index contributed by atoms with van der Waals surface area (Å²) in [5, 5.41) is 11.3. The molecular weight excluding hydrogens is 306 g/mol. The van der Waals surface area contributed by atoms with Crippen LogP contribution in [0.1, 0.15) is 18.9 Å². The van der Waals surface area contributed by atoms with Crippen LogP contribution in [-0.4, -0.2) is 14.5 Å². The molecule has 22 heavy (non-hydrogen) atoms. The molecule has 0 saturated heterocycles. The Morgan fingerprint density at radius 3 is 2.55 bits per heavy atom. The topological polar surface area (TPSA) is 98.0 Å². The van der Waals surface area contributed by atoms with Gasteiger partial charge in [-0.3, -0.25) is 24.5 Å². The lowest BCUT2D eigenvalue weighted by atomic mass is 10.2. The Labute approximate surface area is 130 Å². The van der Waals surface area contributed by atoms with Crippen molar-refractivity contribution in [2.75, 3.05) is 0 Å². The Morgan fingerprint density at radius 2 is 1.95 bits per heavy atom. The maximum atomic E-state index is 11.9. The van der Waals surface area contributed by atoms with Gasteiger partial charge >= 0.3 is 16.9 Å². The first-order chi connectivity index (χ1) is 10.5. The zero-order valence-corrected chi connectivity index (χ0v) is 12.8. The van der Waals surface area contributed by atoms with E-state index in [1.165, 1.54) is 4.57 Å². The molecule has 2 rings (SSSR count). The van der Waals surface area contributed by atoms with Crippen molar-refractivity contribution in [1.82, 2.24) is 9.55 Å². The minimum atomic E-state index is -0.960. The van der Waals surface area contributed by atoms with Gasteiger partial charge in [-0.15, -0.1) is 0 Å². The lowest BCUT2D eigenvalue weighted by Crippen LogP contribution is -2.33. The van der Waals surface area contributed by atoms with Crippen molar-refractivity contribution >= 4 is 17.4 Å². The number of nitro groups is 1. The van der Waals surface area contributed by atoms with E-state index in [9.17, 15) is 19.7 Å². The molecule has 0 unspecified atom stereocenters. The van der Waals surface area contributed by atoms with Crippen molar-refractivity contribution < 1.29 is 4.92 Å². The smallest absolute Gasteiger partial charge is 0.282 e. The molecule has 0 aliphatic heterocycles. The molecule has 7 nitrogen and oxygen atoms in total. The molecule has 0 saturated carbocycles. The summed E-state index contributed by atoms with van der Waals surface area (Å²) >= 11 is 1.12. The van der Waals surface area contributed by atoms with Gasteiger partial charge < -0.3 is 0 Å². The predicted molar refractivity (Wildman–Crippen MR) is 84.3 cm³/mol. The van der Waals surface area contributed by atoms with Crippen LogP contribution in [0.3, 0.4) is 0 Å². The number of hydrogen-bond acceptors (Lipinski definition) is 5. The Bertz CT molecular complexity index is 783. The van der Waals surface area contributed by atoms with Crippen LogP contribution in [0.2, 0.25) is 0 Å². The molecule has 2 aromatic rings. The van der Waals surface area contributed by atoms with Gasteiger partial charge in [0, 0.05) is 12.3 Å². The molecule has 0 radical (unpaired) electrons. The minimum Gasteiger partial charge on any atom is -0.282 e. The fraction of sp³-hybridized carbons (Fsp3) is 0.286. The van der Waals surface area contributed by atoms with Crippen molar-refractivity contribution in [2.24, 2.45) is 0 Å². The van der Waals surface area contributed by atoms with Crippen LogP contribution in [0, 0.1) is 10.1 Å².